The number of hydrogen-bond donors (Lipinski definition) is 1. The molecule has 0 saturated heterocycles. The van der Waals surface area contributed by atoms with Crippen LogP contribution in [0.3, 0.4) is 0 Å². The Balaban J connectivity index is 1.72. The number of carbonyl (C=O) groups is 2. The van der Waals surface area contributed by atoms with Crippen LogP contribution in [0.1, 0.15) is 85.9 Å². The second kappa shape index (κ2) is 11.9. The topological polar surface area (TPSA) is 85.1 Å². The van der Waals surface area contributed by atoms with Crippen LogP contribution >= 0.6 is 23.2 Å². The third-order valence-electron chi connectivity index (χ3n) is 9.08. The van der Waals surface area contributed by atoms with Gasteiger partial charge in [-0.25, -0.2) is 0 Å². The van der Waals surface area contributed by atoms with Crippen LogP contribution in [0.2, 0.25) is 10.0 Å². The highest BCUT2D eigenvalue weighted by Gasteiger charge is 2.50. The Morgan fingerprint density at radius 3 is 2.20 bits per heavy atom. The van der Waals surface area contributed by atoms with Gasteiger partial charge in [-0.05, 0) is 81.6 Å². The average molecular weight is 613 g/mol. The number of rotatable bonds is 10. The molecule has 2 atom stereocenters. The van der Waals surface area contributed by atoms with E-state index in [0.717, 1.165) is 10.9 Å². The molecule has 2 aliphatic carbocycles. The van der Waals surface area contributed by atoms with Crippen LogP contribution in [0.25, 0.3) is 0 Å². The van der Waals surface area contributed by atoms with Gasteiger partial charge in [-0.3, -0.25) is 19.3 Å². The van der Waals surface area contributed by atoms with E-state index < -0.39 is 46.6 Å². The minimum absolute atomic E-state index is 0.216. The Kier molecular flexibility index (Phi) is 9.10. The maximum atomic E-state index is 14.6. The summed E-state index contributed by atoms with van der Waals surface area (Å²) in [7, 11) is 0. The van der Waals surface area contributed by atoms with E-state index in [2.05, 4.69) is 23.2 Å². The zero-order valence-corrected chi connectivity index (χ0v) is 24.4. The molecular weight excluding hydrogens is 578 g/mol. The van der Waals surface area contributed by atoms with Crippen molar-refractivity contribution in [1.29, 1.82) is 0 Å². The van der Waals surface area contributed by atoms with Gasteiger partial charge in [-0.1, -0.05) is 35.4 Å². The van der Waals surface area contributed by atoms with E-state index in [1.54, 1.807) is 19.1 Å². The van der Waals surface area contributed by atoms with Crippen LogP contribution in [0.15, 0.2) is 43.9 Å². The van der Waals surface area contributed by atoms with Crippen molar-refractivity contribution in [3.8, 4) is 0 Å². The third kappa shape index (κ3) is 6.26. The normalized spacial score (nSPS) is 26.0. The first-order valence-corrected chi connectivity index (χ1v) is 14.4. The molecule has 2 aliphatic rings. The number of aromatic nitrogens is 3. The van der Waals surface area contributed by atoms with E-state index in [4.69, 9.17) is 23.2 Å². The molecule has 0 radical (unpaired) electrons. The number of allylic oxidation sites excluding steroid dienone is 2. The summed E-state index contributed by atoms with van der Waals surface area (Å²) in [5.74, 6) is -2.66. The molecule has 222 valence electrons. The summed E-state index contributed by atoms with van der Waals surface area (Å²) >= 11 is 12.8. The largest absolute Gasteiger partial charge is 0.481 e. The molecule has 2 heterocycles. The van der Waals surface area contributed by atoms with Crippen molar-refractivity contribution in [2.75, 3.05) is 0 Å². The summed E-state index contributed by atoms with van der Waals surface area (Å²) in [6.07, 6.45) is 5.90. The fourth-order valence-corrected chi connectivity index (χ4v) is 7.38. The Morgan fingerprint density at radius 1 is 1.10 bits per heavy atom. The van der Waals surface area contributed by atoms with E-state index in [9.17, 15) is 27.9 Å². The lowest BCUT2D eigenvalue weighted by Gasteiger charge is -2.34. The average Bonchev–Trinajstić information content (AvgIpc) is 3.49. The lowest BCUT2D eigenvalue weighted by Crippen LogP contribution is -2.34. The number of carboxylic acid groups (broad SMARTS) is 1. The molecule has 4 rings (SSSR count). The van der Waals surface area contributed by atoms with Crippen molar-refractivity contribution in [2.24, 2.45) is 22.7 Å². The first-order valence-electron chi connectivity index (χ1n) is 13.7. The highest BCUT2D eigenvalue weighted by Crippen LogP contribution is 2.54. The predicted octanol–water partition coefficient (Wildman–Crippen LogP) is 8.40. The molecule has 0 aliphatic heterocycles. The van der Waals surface area contributed by atoms with Crippen LogP contribution in [-0.2, 0) is 17.4 Å². The number of carbonyl (C=O) groups excluding carboxylic acids is 1. The molecule has 2 aromatic heterocycles. The summed E-state index contributed by atoms with van der Waals surface area (Å²) in [6, 6.07) is -0.657. The Labute approximate surface area is 247 Å². The number of halogens is 5. The Hall–Kier alpha value is -2.65. The lowest BCUT2D eigenvalue weighted by molar-refractivity contribution is -0.152. The molecule has 1 unspecified atom stereocenters. The van der Waals surface area contributed by atoms with E-state index in [-0.39, 0.29) is 37.0 Å². The number of Topliss-reactive ketones (excluding diaryl/α,β-unsaturated/α-hetero) is 1. The standard InChI is InChI=1S/C30H34Cl2F3N3O3/c1-4-8-29(9-5-2)13-18(12-20-23(31)16-36-17-24(20)32)21(14-29)25(39)22-15-37-38(26(22)30(33,34)35)19-6-10-28(3,11-7-19)27(40)41/h4-5,15-19,21H,1-2,6-14H2,3H3,(H,40,41)/t18-,19?,21?,28?/m0/s1. The monoisotopic (exact) mass is 611 g/mol. The van der Waals surface area contributed by atoms with Crippen molar-refractivity contribution in [1.82, 2.24) is 14.8 Å². The molecule has 1 N–H and O–H groups in total. The summed E-state index contributed by atoms with van der Waals surface area (Å²) in [4.78, 5) is 29.8. The molecule has 0 spiro atoms. The summed E-state index contributed by atoms with van der Waals surface area (Å²) in [6.45, 7) is 9.35. The lowest BCUT2D eigenvalue weighted by atomic mass is 9.74. The molecule has 0 aromatic carbocycles. The number of nitrogens with zero attached hydrogens (tertiary/aromatic N) is 3. The highest BCUT2D eigenvalue weighted by molar-refractivity contribution is 6.35. The molecule has 2 fully saturated rings. The predicted molar refractivity (Wildman–Crippen MR) is 151 cm³/mol. The third-order valence-corrected chi connectivity index (χ3v) is 9.73. The number of pyridine rings is 1. The van der Waals surface area contributed by atoms with Gasteiger partial charge in [0.25, 0.3) is 0 Å². The summed E-state index contributed by atoms with van der Waals surface area (Å²) in [5, 5.41) is 14.3. The van der Waals surface area contributed by atoms with E-state index in [0.29, 0.717) is 47.7 Å². The molecule has 0 bridgehead atoms. The van der Waals surface area contributed by atoms with Gasteiger partial charge in [0.1, 0.15) is 0 Å². The van der Waals surface area contributed by atoms with Gasteiger partial charge < -0.3 is 5.11 Å². The number of hydrogen-bond acceptors (Lipinski definition) is 4. The van der Waals surface area contributed by atoms with Gasteiger partial charge >= 0.3 is 12.1 Å². The van der Waals surface area contributed by atoms with E-state index >= 15 is 0 Å². The van der Waals surface area contributed by atoms with Crippen LogP contribution < -0.4 is 0 Å². The molecule has 6 nitrogen and oxygen atoms in total. The molecular formula is C30H34Cl2F3N3O3. The van der Waals surface area contributed by atoms with Crippen molar-refractivity contribution in [2.45, 2.75) is 76.9 Å². The fraction of sp³-hybridized carbons (Fsp3) is 0.533. The number of alkyl halides is 3. The van der Waals surface area contributed by atoms with E-state index in [1.807, 2.05) is 0 Å². The van der Waals surface area contributed by atoms with Gasteiger partial charge in [-0.15, -0.1) is 13.2 Å². The molecule has 2 saturated carbocycles. The van der Waals surface area contributed by atoms with Crippen LogP contribution in [0.5, 0.6) is 0 Å². The van der Waals surface area contributed by atoms with Gasteiger partial charge in [0.05, 0.1) is 33.3 Å². The van der Waals surface area contributed by atoms with Gasteiger partial charge in [0.15, 0.2) is 11.5 Å². The zero-order valence-electron chi connectivity index (χ0n) is 22.9. The second-order valence-corrected chi connectivity index (χ2v) is 12.7. The molecule has 41 heavy (non-hydrogen) atoms. The SMILES string of the molecule is C=CCC1(CC=C)CC(C(=O)c2cnn(C3CCC(C)(C(=O)O)CC3)c2C(F)(F)F)[C@@H](Cc2c(Cl)cncc2Cl)C1. The van der Waals surface area contributed by atoms with Crippen molar-refractivity contribution in [3.63, 3.8) is 0 Å². The Morgan fingerprint density at radius 2 is 1.68 bits per heavy atom. The molecule has 11 heteroatoms. The van der Waals surface area contributed by atoms with Gasteiger partial charge in [0, 0.05) is 18.3 Å². The maximum absolute atomic E-state index is 14.6. The van der Waals surface area contributed by atoms with Crippen LogP contribution in [0, 0.1) is 22.7 Å². The highest BCUT2D eigenvalue weighted by atomic mass is 35.5. The van der Waals surface area contributed by atoms with Gasteiger partial charge in [-0.2, -0.15) is 18.3 Å². The molecule has 2 aromatic rings. The fourth-order valence-electron chi connectivity index (χ4n) is 6.86. The second-order valence-electron chi connectivity index (χ2n) is 11.9. The smallest absolute Gasteiger partial charge is 0.433 e. The Bertz CT molecular complexity index is 1300. The van der Waals surface area contributed by atoms with Crippen molar-refractivity contribution in [3.05, 3.63) is 70.8 Å². The minimum atomic E-state index is -4.83. The zero-order chi connectivity index (χ0) is 30.2. The maximum Gasteiger partial charge on any atom is 0.433 e. The van der Waals surface area contributed by atoms with Crippen LogP contribution in [0.4, 0.5) is 13.2 Å². The summed E-state index contributed by atoms with van der Waals surface area (Å²) < 4.78 is 44.7. The first kappa shape index (κ1) is 31.3. The molecule has 0 amide bonds. The number of aliphatic carboxylic acids is 1. The quantitative estimate of drug-likeness (QED) is 0.215. The van der Waals surface area contributed by atoms with Crippen LogP contribution in [-0.4, -0.2) is 31.6 Å². The van der Waals surface area contributed by atoms with Crippen molar-refractivity contribution >= 4 is 35.0 Å². The summed E-state index contributed by atoms with van der Waals surface area (Å²) in [5.41, 5.74) is -2.31. The first-order chi connectivity index (χ1) is 19.2. The van der Waals surface area contributed by atoms with Gasteiger partial charge in [0.2, 0.25) is 0 Å². The van der Waals surface area contributed by atoms with Crippen molar-refractivity contribution < 1.29 is 27.9 Å². The number of ketones is 1. The minimum Gasteiger partial charge on any atom is -0.481 e. The number of carboxylic acids is 1. The van der Waals surface area contributed by atoms with E-state index in [1.165, 1.54) is 12.4 Å².